The second-order valence-electron chi connectivity index (χ2n) is 5.81. The van der Waals surface area contributed by atoms with Gasteiger partial charge in [0.2, 0.25) is 10.0 Å². The van der Waals surface area contributed by atoms with Crippen LogP contribution in [0.3, 0.4) is 0 Å². The van der Waals surface area contributed by atoms with Crippen LogP contribution in [-0.2, 0) is 10.0 Å². The third-order valence-electron chi connectivity index (χ3n) is 4.16. The number of nitro benzene ring substituents is 1. The van der Waals surface area contributed by atoms with Gasteiger partial charge in [-0.25, -0.2) is 8.42 Å². The van der Waals surface area contributed by atoms with E-state index in [0.717, 1.165) is 6.07 Å². The van der Waals surface area contributed by atoms with E-state index in [-0.39, 0.29) is 35.3 Å². The van der Waals surface area contributed by atoms with Gasteiger partial charge in [-0.3, -0.25) is 14.9 Å². The number of nitrogens with one attached hydrogen (secondary N) is 2. The van der Waals surface area contributed by atoms with E-state index in [2.05, 4.69) is 10.6 Å². The average Bonchev–Trinajstić information content (AvgIpc) is 2.68. The predicted molar refractivity (Wildman–Crippen MR) is 106 cm³/mol. The Kier molecular flexibility index (Phi) is 6.71. The Morgan fingerprint density at radius 2 is 1.71 bits per heavy atom. The molecule has 0 aromatic heterocycles. The quantitative estimate of drug-likeness (QED) is 0.513. The molecule has 0 aliphatic carbocycles. The van der Waals surface area contributed by atoms with E-state index >= 15 is 0 Å². The number of anilines is 2. The van der Waals surface area contributed by atoms with Crippen molar-refractivity contribution < 1.29 is 18.1 Å². The van der Waals surface area contributed by atoms with Crippen LogP contribution in [-0.4, -0.2) is 43.7 Å². The number of amides is 1. The molecule has 150 valence electrons. The zero-order valence-electron chi connectivity index (χ0n) is 15.8. The Balaban J connectivity index is 2.38. The van der Waals surface area contributed by atoms with Crippen LogP contribution < -0.4 is 10.6 Å². The summed E-state index contributed by atoms with van der Waals surface area (Å²) in [5, 5.41) is 16.9. The van der Waals surface area contributed by atoms with Gasteiger partial charge in [0, 0.05) is 37.5 Å². The molecule has 0 aliphatic rings. The van der Waals surface area contributed by atoms with Crippen LogP contribution in [0.25, 0.3) is 0 Å². The van der Waals surface area contributed by atoms with Gasteiger partial charge in [0.05, 0.1) is 9.82 Å². The molecule has 2 N–H and O–H groups in total. The van der Waals surface area contributed by atoms with E-state index in [4.69, 9.17) is 0 Å². The molecule has 0 unspecified atom stereocenters. The summed E-state index contributed by atoms with van der Waals surface area (Å²) in [6.07, 6.45) is 0. The van der Waals surface area contributed by atoms with Crippen molar-refractivity contribution in [2.24, 2.45) is 0 Å². The zero-order valence-corrected chi connectivity index (χ0v) is 16.6. The van der Waals surface area contributed by atoms with Gasteiger partial charge in [-0.2, -0.15) is 4.31 Å². The normalized spacial score (nSPS) is 11.3. The highest BCUT2D eigenvalue weighted by Crippen LogP contribution is 2.31. The van der Waals surface area contributed by atoms with Crippen molar-refractivity contribution in [3.05, 3.63) is 58.1 Å². The fourth-order valence-corrected chi connectivity index (χ4v) is 4.12. The summed E-state index contributed by atoms with van der Waals surface area (Å²) in [4.78, 5) is 22.3. The molecule has 10 heteroatoms. The van der Waals surface area contributed by atoms with Crippen LogP contribution in [0.2, 0.25) is 0 Å². The van der Waals surface area contributed by atoms with Crippen molar-refractivity contribution in [2.45, 2.75) is 18.7 Å². The largest absolute Gasteiger partial charge is 0.355 e. The van der Waals surface area contributed by atoms with Crippen LogP contribution in [0, 0.1) is 10.1 Å². The highest BCUT2D eigenvalue weighted by molar-refractivity contribution is 7.89. The highest BCUT2D eigenvalue weighted by atomic mass is 32.2. The number of hydrogen-bond acceptors (Lipinski definition) is 6. The summed E-state index contributed by atoms with van der Waals surface area (Å²) in [5.41, 5.74) is 0.762. The van der Waals surface area contributed by atoms with Crippen molar-refractivity contribution in [2.75, 3.05) is 25.5 Å². The van der Waals surface area contributed by atoms with Crippen molar-refractivity contribution in [1.29, 1.82) is 0 Å². The van der Waals surface area contributed by atoms with Crippen LogP contribution in [0.4, 0.5) is 17.1 Å². The van der Waals surface area contributed by atoms with Gasteiger partial charge in [-0.05, 0) is 36.4 Å². The first-order valence-electron chi connectivity index (χ1n) is 8.62. The summed E-state index contributed by atoms with van der Waals surface area (Å²) in [6, 6.07) is 10.1. The third kappa shape index (κ3) is 4.46. The molecule has 0 spiro atoms. The van der Waals surface area contributed by atoms with E-state index in [9.17, 15) is 23.3 Å². The number of nitro groups is 1. The lowest BCUT2D eigenvalue weighted by molar-refractivity contribution is -0.384. The molecule has 0 bridgehead atoms. The van der Waals surface area contributed by atoms with Gasteiger partial charge >= 0.3 is 0 Å². The van der Waals surface area contributed by atoms with Gasteiger partial charge in [-0.1, -0.05) is 13.8 Å². The van der Waals surface area contributed by atoms with E-state index in [0.29, 0.717) is 11.3 Å². The number of carbonyl (C=O) groups is 1. The molecule has 9 nitrogen and oxygen atoms in total. The number of rotatable bonds is 8. The minimum atomic E-state index is -3.81. The van der Waals surface area contributed by atoms with Gasteiger partial charge in [0.15, 0.2) is 0 Å². The van der Waals surface area contributed by atoms with Crippen molar-refractivity contribution in [1.82, 2.24) is 9.62 Å². The number of sulfonamides is 1. The highest BCUT2D eigenvalue weighted by Gasteiger charge is 2.25. The molecule has 2 rings (SSSR count). The standard InChI is InChI=1S/C18H22N4O5S/c1-4-21(5-2)28(26,27)15-10-11-16(17(12-15)22(24)25)20-14-8-6-13(7-9-14)18(23)19-3/h6-12,20H,4-5H2,1-3H3,(H,19,23). The molecule has 2 aromatic carbocycles. The first kappa shape index (κ1) is 21.3. The Morgan fingerprint density at radius 3 is 2.21 bits per heavy atom. The van der Waals surface area contributed by atoms with Crippen molar-refractivity contribution in [3.63, 3.8) is 0 Å². The van der Waals surface area contributed by atoms with Gasteiger partial charge in [0.1, 0.15) is 5.69 Å². The average molecular weight is 406 g/mol. The topological polar surface area (TPSA) is 122 Å². The summed E-state index contributed by atoms with van der Waals surface area (Å²) >= 11 is 0. The second kappa shape index (κ2) is 8.81. The van der Waals surface area contributed by atoms with Gasteiger partial charge in [-0.15, -0.1) is 0 Å². The Hall–Kier alpha value is -2.98. The molecular weight excluding hydrogens is 384 g/mol. The maximum atomic E-state index is 12.6. The van der Waals surface area contributed by atoms with Crippen LogP contribution in [0.5, 0.6) is 0 Å². The monoisotopic (exact) mass is 406 g/mol. The minimum absolute atomic E-state index is 0.136. The Bertz CT molecular complexity index is 970. The maximum absolute atomic E-state index is 12.6. The van der Waals surface area contributed by atoms with Gasteiger partial charge in [0.25, 0.3) is 11.6 Å². The molecule has 1 amide bonds. The lowest BCUT2D eigenvalue weighted by Gasteiger charge is -2.18. The third-order valence-corrected chi connectivity index (χ3v) is 6.21. The molecule has 0 heterocycles. The van der Waals surface area contributed by atoms with Crippen LogP contribution >= 0.6 is 0 Å². The molecule has 0 atom stereocenters. The zero-order chi connectivity index (χ0) is 20.9. The second-order valence-corrected chi connectivity index (χ2v) is 7.74. The van der Waals surface area contributed by atoms with Crippen LogP contribution in [0.15, 0.2) is 47.4 Å². The molecule has 0 radical (unpaired) electrons. The molecule has 0 aliphatic heterocycles. The van der Waals surface area contributed by atoms with Crippen LogP contribution in [0.1, 0.15) is 24.2 Å². The summed E-state index contributed by atoms with van der Waals surface area (Å²) in [5.74, 6) is -0.247. The van der Waals surface area contributed by atoms with E-state index in [1.165, 1.54) is 23.5 Å². The molecule has 0 fully saturated rings. The minimum Gasteiger partial charge on any atom is -0.355 e. The molecule has 0 saturated carbocycles. The lowest BCUT2D eigenvalue weighted by atomic mass is 10.2. The molecular formula is C18H22N4O5S. The molecule has 2 aromatic rings. The number of carbonyl (C=O) groups excluding carboxylic acids is 1. The number of benzene rings is 2. The summed E-state index contributed by atoms with van der Waals surface area (Å²) in [6.45, 7) is 3.94. The number of nitrogens with zero attached hydrogens (tertiary/aromatic N) is 2. The maximum Gasteiger partial charge on any atom is 0.294 e. The Labute approximate surface area is 163 Å². The van der Waals surface area contributed by atoms with Crippen molar-refractivity contribution >= 4 is 33.0 Å². The number of hydrogen-bond donors (Lipinski definition) is 2. The smallest absolute Gasteiger partial charge is 0.294 e. The first-order chi connectivity index (χ1) is 13.2. The summed E-state index contributed by atoms with van der Waals surface area (Å²) < 4.78 is 26.5. The SMILES string of the molecule is CCN(CC)S(=O)(=O)c1ccc(Nc2ccc(C(=O)NC)cc2)c([N+](=O)[O-])c1. The fourth-order valence-electron chi connectivity index (χ4n) is 2.65. The molecule has 0 saturated heterocycles. The summed E-state index contributed by atoms with van der Waals surface area (Å²) in [7, 11) is -2.29. The molecule has 28 heavy (non-hydrogen) atoms. The first-order valence-corrected chi connectivity index (χ1v) is 10.1. The van der Waals surface area contributed by atoms with E-state index < -0.39 is 14.9 Å². The Morgan fingerprint density at radius 1 is 1.11 bits per heavy atom. The van der Waals surface area contributed by atoms with E-state index in [1.807, 2.05) is 0 Å². The predicted octanol–water partition coefficient (Wildman–Crippen LogP) is 2.73. The van der Waals surface area contributed by atoms with E-state index in [1.54, 1.807) is 38.1 Å². The lowest BCUT2D eigenvalue weighted by Crippen LogP contribution is -2.30. The van der Waals surface area contributed by atoms with Gasteiger partial charge < -0.3 is 10.6 Å². The fraction of sp³-hybridized carbons (Fsp3) is 0.278. The van der Waals surface area contributed by atoms with Crippen molar-refractivity contribution in [3.8, 4) is 0 Å².